The van der Waals surface area contributed by atoms with Gasteiger partial charge in [0.25, 0.3) is 0 Å². The number of hydrogen-bond donors (Lipinski definition) is 1. The predicted octanol–water partition coefficient (Wildman–Crippen LogP) is 2.62. The molecule has 3 nitrogen and oxygen atoms in total. The van der Waals surface area contributed by atoms with Crippen LogP contribution >= 0.6 is 15.9 Å². The number of halogens is 1. The van der Waals surface area contributed by atoms with Gasteiger partial charge in [-0.1, -0.05) is 54.0 Å². The summed E-state index contributed by atoms with van der Waals surface area (Å²) in [6.07, 6.45) is 0.866. The van der Waals surface area contributed by atoms with E-state index in [2.05, 4.69) is 26.7 Å². The van der Waals surface area contributed by atoms with Gasteiger partial charge in [-0.05, 0) is 23.5 Å². The van der Waals surface area contributed by atoms with Gasteiger partial charge in [-0.3, -0.25) is 0 Å². The zero-order valence-electron chi connectivity index (χ0n) is 10.6. The molecule has 0 amide bonds. The molecule has 0 spiro atoms. The molecular weight excluding hydrogens is 314 g/mol. The number of benzene rings is 1. The van der Waals surface area contributed by atoms with Crippen LogP contribution in [0.15, 0.2) is 24.3 Å². The van der Waals surface area contributed by atoms with Gasteiger partial charge in [-0.25, -0.2) is 13.1 Å². The third-order valence-corrected chi connectivity index (χ3v) is 5.60. The summed E-state index contributed by atoms with van der Waals surface area (Å²) < 4.78 is 26.9. The van der Waals surface area contributed by atoms with Gasteiger partial charge in [0, 0.05) is 4.83 Å². The standard InChI is InChI=1S/C13H18BrNO2S/c1-9(2)8-18(16,17)15-13-11-6-4-3-5-10(11)7-12(13)14/h3-6,9,12-13,15H,7-8H2,1-2H3. The highest BCUT2D eigenvalue weighted by Gasteiger charge is 2.33. The van der Waals surface area contributed by atoms with Crippen LogP contribution in [-0.4, -0.2) is 19.0 Å². The Morgan fingerprint density at radius 3 is 2.72 bits per heavy atom. The van der Waals surface area contributed by atoms with Gasteiger partial charge >= 0.3 is 0 Å². The number of rotatable bonds is 4. The molecule has 2 atom stereocenters. The second-order valence-corrected chi connectivity index (χ2v) is 8.16. The molecule has 0 saturated heterocycles. The van der Waals surface area contributed by atoms with Crippen molar-refractivity contribution in [1.82, 2.24) is 4.72 Å². The number of fused-ring (bicyclic) bond motifs is 1. The molecule has 18 heavy (non-hydrogen) atoms. The SMILES string of the molecule is CC(C)CS(=O)(=O)NC1c2ccccc2CC1Br. The van der Waals surface area contributed by atoms with E-state index in [9.17, 15) is 8.42 Å². The average Bonchev–Trinajstić information content (AvgIpc) is 2.53. The van der Waals surface area contributed by atoms with Crippen LogP contribution < -0.4 is 4.72 Å². The highest BCUT2D eigenvalue weighted by atomic mass is 79.9. The van der Waals surface area contributed by atoms with Gasteiger partial charge in [-0.2, -0.15) is 0 Å². The van der Waals surface area contributed by atoms with E-state index in [4.69, 9.17) is 0 Å². The molecular formula is C13H18BrNO2S. The molecule has 5 heteroatoms. The van der Waals surface area contributed by atoms with Crippen LogP contribution in [-0.2, 0) is 16.4 Å². The van der Waals surface area contributed by atoms with E-state index in [1.165, 1.54) is 5.56 Å². The lowest BCUT2D eigenvalue weighted by Gasteiger charge is -2.18. The second-order valence-electron chi connectivity index (χ2n) is 5.19. The second kappa shape index (κ2) is 5.31. The molecule has 1 aliphatic rings. The summed E-state index contributed by atoms with van der Waals surface area (Å²) in [5.74, 6) is 0.304. The first-order valence-electron chi connectivity index (χ1n) is 6.11. The van der Waals surface area contributed by atoms with Crippen molar-refractivity contribution in [2.24, 2.45) is 5.92 Å². The monoisotopic (exact) mass is 331 g/mol. The van der Waals surface area contributed by atoms with Crippen molar-refractivity contribution in [3.8, 4) is 0 Å². The topological polar surface area (TPSA) is 46.2 Å². The lowest BCUT2D eigenvalue weighted by atomic mass is 10.1. The third-order valence-electron chi connectivity index (χ3n) is 3.03. The van der Waals surface area contributed by atoms with Gasteiger partial charge in [0.2, 0.25) is 10.0 Å². The van der Waals surface area contributed by atoms with Crippen LogP contribution in [0.4, 0.5) is 0 Å². The molecule has 1 aromatic carbocycles. The molecule has 0 heterocycles. The zero-order valence-corrected chi connectivity index (χ0v) is 13.0. The Morgan fingerprint density at radius 2 is 2.06 bits per heavy atom. The Bertz CT molecular complexity index is 528. The summed E-state index contributed by atoms with van der Waals surface area (Å²) in [6, 6.07) is 7.85. The van der Waals surface area contributed by atoms with E-state index in [0.717, 1.165) is 12.0 Å². The summed E-state index contributed by atoms with van der Waals surface area (Å²) in [5, 5.41) is 0. The molecule has 2 unspecified atom stereocenters. The minimum absolute atomic E-state index is 0.132. The maximum absolute atomic E-state index is 12.0. The maximum Gasteiger partial charge on any atom is 0.212 e. The van der Waals surface area contributed by atoms with Crippen molar-refractivity contribution in [2.45, 2.75) is 31.1 Å². The van der Waals surface area contributed by atoms with Gasteiger partial charge in [0.05, 0.1) is 11.8 Å². The van der Waals surface area contributed by atoms with Crippen LogP contribution in [0, 0.1) is 5.92 Å². The van der Waals surface area contributed by atoms with Crippen molar-refractivity contribution in [3.05, 3.63) is 35.4 Å². The average molecular weight is 332 g/mol. The summed E-state index contributed by atoms with van der Waals surface area (Å²) in [6.45, 7) is 3.82. The molecule has 0 saturated carbocycles. The van der Waals surface area contributed by atoms with Crippen LogP contribution in [0.25, 0.3) is 0 Å². The van der Waals surface area contributed by atoms with E-state index < -0.39 is 10.0 Å². The predicted molar refractivity (Wildman–Crippen MR) is 77.4 cm³/mol. The van der Waals surface area contributed by atoms with Crippen LogP contribution in [0.2, 0.25) is 0 Å². The van der Waals surface area contributed by atoms with E-state index in [1.54, 1.807) is 0 Å². The highest BCUT2D eigenvalue weighted by molar-refractivity contribution is 9.09. The van der Waals surface area contributed by atoms with E-state index >= 15 is 0 Å². The minimum atomic E-state index is -3.22. The molecule has 0 aromatic heterocycles. The summed E-state index contributed by atoms with van der Waals surface area (Å²) in [5.41, 5.74) is 2.31. The van der Waals surface area contributed by atoms with Crippen LogP contribution in [0.5, 0.6) is 0 Å². The Balaban J connectivity index is 2.20. The van der Waals surface area contributed by atoms with Crippen LogP contribution in [0.1, 0.15) is 31.0 Å². The van der Waals surface area contributed by atoms with Gasteiger partial charge in [-0.15, -0.1) is 0 Å². The van der Waals surface area contributed by atoms with Crippen molar-refractivity contribution in [1.29, 1.82) is 0 Å². The number of hydrogen-bond acceptors (Lipinski definition) is 2. The van der Waals surface area contributed by atoms with Gasteiger partial charge in [0.1, 0.15) is 0 Å². The first-order chi connectivity index (χ1) is 8.39. The van der Waals surface area contributed by atoms with Gasteiger partial charge < -0.3 is 0 Å². The first-order valence-corrected chi connectivity index (χ1v) is 8.68. The van der Waals surface area contributed by atoms with Crippen molar-refractivity contribution in [3.63, 3.8) is 0 Å². The number of nitrogens with one attached hydrogen (secondary N) is 1. The zero-order chi connectivity index (χ0) is 13.3. The molecule has 1 aliphatic carbocycles. The number of sulfonamides is 1. The lowest BCUT2D eigenvalue weighted by molar-refractivity contribution is 0.548. The molecule has 1 N–H and O–H groups in total. The maximum atomic E-state index is 12.0. The largest absolute Gasteiger partial charge is 0.212 e. The third kappa shape index (κ3) is 3.13. The summed E-state index contributed by atoms with van der Waals surface area (Å²) >= 11 is 3.58. The van der Waals surface area contributed by atoms with E-state index in [-0.39, 0.29) is 22.5 Å². The Kier molecular flexibility index (Phi) is 4.14. The van der Waals surface area contributed by atoms with E-state index in [1.807, 2.05) is 32.0 Å². The van der Waals surface area contributed by atoms with Crippen LogP contribution in [0.3, 0.4) is 0 Å². The fourth-order valence-corrected chi connectivity index (χ4v) is 4.96. The lowest BCUT2D eigenvalue weighted by Crippen LogP contribution is -2.34. The van der Waals surface area contributed by atoms with E-state index in [0.29, 0.717) is 0 Å². The van der Waals surface area contributed by atoms with Gasteiger partial charge in [0.15, 0.2) is 0 Å². The van der Waals surface area contributed by atoms with Crippen molar-refractivity contribution in [2.75, 3.05) is 5.75 Å². The molecule has 0 fully saturated rings. The summed E-state index contributed by atoms with van der Waals surface area (Å²) in [4.78, 5) is 0.136. The molecule has 0 aliphatic heterocycles. The fourth-order valence-electron chi connectivity index (χ4n) is 2.36. The highest BCUT2D eigenvalue weighted by Crippen LogP contribution is 2.36. The first kappa shape index (κ1) is 14.0. The molecule has 100 valence electrons. The minimum Gasteiger partial charge on any atom is -0.212 e. The molecule has 0 bridgehead atoms. The van der Waals surface area contributed by atoms with Crippen molar-refractivity contribution < 1.29 is 8.42 Å². The summed E-state index contributed by atoms with van der Waals surface area (Å²) in [7, 11) is -3.22. The quantitative estimate of drug-likeness (QED) is 0.862. The molecule has 1 aromatic rings. The Morgan fingerprint density at radius 1 is 1.39 bits per heavy atom. The Hall–Kier alpha value is -0.390. The molecule has 0 radical (unpaired) electrons. The normalized spacial score (nSPS) is 23.3. The molecule has 2 rings (SSSR count). The van der Waals surface area contributed by atoms with Crippen molar-refractivity contribution >= 4 is 26.0 Å². The number of alkyl halides is 1. The smallest absolute Gasteiger partial charge is 0.212 e. The Labute approximate surface area is 117 Å². The fraction of sp³-hybridized carbons (Fsp3) is 0.538.